The summed E-state index contributed by atoms with van der Waals surface area (Å²) in [5, 5.41) is 13.6. The smallest absolute Gasteiger partial charge is 0.254 e. The maximum atomic E-state index is 12.0. The van der Waals surface area contributed by atoms with E-state index in [4.69, 9.17) is 0 Å². The van der Waals surface area contributed by atoms with Gasteiger partial charge in [-0.15, -0.1) is 0 Å². The number of nitrogens with one attached hydrogen (secondary N) is 1. The van der Waals surface area contributed by atoms with Gasteiger partial charge in [-0.1, -0.05) is 42.5 Å². The number of hydrazone groups is 1. The molecule has 0 spiro atoms. The maximum absolute atomic E-state index is 12.0. The molecule has 2 aromatic carbocycles. The summed E-state index contributed by atoms with van der Waals surface area (Å²) in [4.78, 5) is 16.6. The number of phenolic OH excluding ortho intramolecular Hbond substituents is 1. The highest BCUT2D eigenvalue weighted by molar-refractivity contribution is 5.85. The minimum Gasteiger partial charge on any atom is -0.507 e. The number of piperazine rings is 1. The van der Waals surface area contributed by atoms with Gasteiger partial charge in [-0.25, -0.2) is 5.43 Å². The van der Waals surface area contributed by atoms with Gasteiger partial charge in [0.2, 0.25) is 0 Å². The van der Waals surface area contributed by atoms with Crippen molar-refractivity contribution in [1.82, 2.24) is 15.2 Å². The lowest BCUT2D eigenvalue weighted by molar-refractivity contribution is -0.122. The average molecular weight is 352 g/mol. The Labute approximate surface area is 153 Å². The summed E-state index contributed by atoms with van der Waals surface area (Å²) < 4.78 is 0. The maximum Gasteiger partial charge on any atom is 0.254 e. The van der Waals surface area contributed by atoms with E-state index in [1.807, 2.05) is 6.07 Å². The molecule has 1 fully saturated rings. The van der Waals surface area contributed by atoms with Gasteiger partial charge in [0.05, 0.1) is 12.8 Å². The van der Waals surface area contributed by atoms with E-state index >= 15 is 0 Å². The highest BCUT2D eigenvalue weighted by Crippen LogP contribution is 2.12. The van der Waals surface area contributed by atoms with E-state index in [0.29, 0.717) is 12.1 Å². The van der Waals surface area contributed by atoms with Gasteiger partial charge in [0.15, 0.2) is 0 Å². The van der Waals surface area contributed by atoms with Crippen LogP contribution in [0.1, 0.15) is 11.1 Å². The number of aromatic hydroxyl groups is 1. The van der Waals surface area contributed by atoms with E-state index in [1.54, 1.807) is 24.3 Å². The molecular formula is C20H24N4O2. The van der Waals surface area contributed by atoms with Crippen molar-refractivity contribution in [3.05, 3.63) is 65.7 Å². The van der Waals surface area contributed by atoms with Crippen molar-refractivity contribution in [3.63, 3.8) is 0 Å². The standard InChI is InChI=1S/C20H24N4O2/c25-19-9-5-4-8-18(19)14-21-22-20(26)16-24-12-10-23(11-13-24)15-17-6-2-1-3-7-17/h1-9,14,25H,10-13,15-16H2,(H,22,26)/b21-14-. The number of hydrogen-bond donors (Lipinski definition) is 2. The Balaban J connectivity index is 1.39. The fourth-order valence-corrected chi connectivity index (χ4v) is 2.96. The van der Waals surface area contributed by atoms with Gasteiger partial charge in [0.25, 0.3) is 5.91 Å². The van der Waals surface area contributed by atoms with Crippen LogP contribution in [0, 0.1) is 0 Å². The third-order valence-corrected chi connectivity index (χ3v) is 4.41. The number of benzene rings is 2. The number of nitrogens with zero attached hydrogens (tertiary/aromatic N) is 3. The zero-order valence-electron chi connectivity index (χ0n) is 14.7. The number of carbonyl (C=O) groups excluding carboxylic acids is 1. The van der Waals surface area contributed by atoms with Crippen LogP contribution in [0.2, 0.25) is 0 Å². The molecule has 6 heteroatoms. The van der Waals surface area contributed by atoms with Gasteiger partial charge in [-0.3, -0.25) is 14.6 Å². The van der Waals surface area contributed by atoms with Crippen LogP contribution in [0.5, 0.6) is 5.75 Å². The summed E-state index contributed by atoms with van der Waals surface area (Å²) >= 11 is 0. The zero-order valence-corrected chi connectivity index (χ0v) is 14.7. The summed E-state index contributed by atoms with van der Waals surface area (Å²) in [5.74, 6) is -0.00628. The molecule has 0 atom stereocenters. The van der Waals surface area contributed by atoms with Gasteiger partial charge >= 0.3 is 0 Å². The van der Waals surface area contributed by atoms with E-state index in [2.05, 4.69) is 44.6 Å². The first-order valence-electron chi connectivity index (χ1n) is 8.79. The largest absolute Gasteiger partial charge is 0.507 e. The highest BCUT2D eigenvalue weighted by atomic mass is 16.3. The van der Waals surface area contributed by atoms with Crippen molar-refractivity contribution >= 4 is 12.1 Å². The Morgan fingerprint density at radius 2 is 1.65 bits per heavy atom. The van der Waals surface area contributed by atoms with E-state index in [9.17, 15) is 9.90 Å². The number of hydrogen-bond acceptors (Lipinski definition) is 5. The lowest BCUT2D eigenvalue weighted by Crippen LogP contribution is -2.48. The summed E-state index contributed by atoms with van der Waals surface area (Å²) in [6, 6.07) is 17.3. The summed E-state index contributed by atoms with van der Waals surface area (Å²) in [7, 11) is 0. The monoisotopic (exact) mass is 352 g/mol. The highest BCUT2D eigenvalue weighted by Gasteiger charge is 2.18. The Kier molecular flexibility index (Phi) is 6.35. The van der Waals surface area contributed by atoms with E-state index < -0.39 is 0 Å². The summed E-state index contributed by atoms with van der Waals surface area (Å²) in [6.07, 6.45) is 1.45. The van der Waals surface area contributed by atoms with Crippen molar-refractivity contribution in [1.29, 1.82) is 0 Å². The second-order valence-electron chi connectivity index (χ2n) is 6.39. The molecule has 2 aromatic rings. The van der Waals surface area contributed by atoms with Gasteiger partial charge < -0.3 is 5.11 Å². The molecule has 1 aliphatic heterocycles. The first-order chi connectivity index (χ1) is 12.7. The van der Waals surface area contributed by atoms with Gasteiger partial charge in [-0.2, -0.15) is 5.10 Å². The number of phenols is 1. The lowest BCUT2D eigenvalue weighted by Gasteiger charge is -2.34. The molecule has 0 radical (unpaired) electrons. The van der Waals surface area contributed by atoms with Crippen LogP contribution in [0.4, 0.5) is 0 Å². The van der Waals surface area contributed by atoms with Crippen LogP contribution in [0.15, 0.2) is 59.7 Å². The number of carbonyl (C=O) groups is 1. The Morgan fingerprint density at radius 1 is 1.00 bits per heavy atom. The second kappa shape index (κ2) is 9.12. The fraction of sp³-hybridized carbons (Fsp3) is 0.300. The molecule has 1 heterocycles. The molecule has 0 bridgehead atoms. The number of rotatable bonds is 6. The van der Waals surface area contributed by atoms with Gasteiger partial charge in [0, 0.05) is 38.3 Å². The number of amides is 1. The third kappa shape index (κ3) is 5.40. The van der Waals surface area contributed by atoms with Crippen LogP contribution >= 0.6 is 0 Å². The molecule has 2 N–H and O–H groups in total. The molecule has 0 unspecified atom stereocenters. The SMILES string of the molecule is O=C(CN1CCN(Cc2ccccc2)CC1)N/N=C\c1ccccc1O. The van der Waals surface area contributed by atoms with Crippen LogP contribution < -0.4 is 5.43 Å². The average Bonchev–Trinajstić information content (AvgIpc) is 2.66. The van der Waals surface area contributed by atoms with Crippen molar-refractivity contribution < 1.29 is 9.90 Å². The van der Waals surface area contributed by atoms with E-state index in [1.165, 1.54) is 11.8 Å². The van der Waals surface area contributed by atoms with Gasteiger partial charge in [-0.05, 0) is 17.7 Å². The molecule has 0 aliphatic carbocycles. The molecule has 1 aliphatic rings. The van der Waals surface area contributed by atoms with Crippen LogP contribution in [0.25, 0.3) is 0 Å². The normalized spacial score (nSPS) is 16.0. The molecule has 136 valence electrons. The van der Waals surface area contributed by atoms with Crippen molar-refractivity contribution in [2.45, 2.75) is 6.54 Å². The topological polar surface area (TPSA) is 68.2 Å². The Bertz CT molecular complexity index is 740. The van der Waals surface area contributed by atoms with E-state index in [0.717, 1.165) is 32.7 Å². The zero-order chi connectivity index (χ0) is 18.2. The quantitative estimate of drug-likeness (QED) is 0.613. The Hall–Kier alpha value is -2.70. The van der Waals surface area contributed by atoms with Crippen LogP contribution in [0.3, 0.4) is 0 Å². The molecule has 1 amide bonds. The lowest BCUT2D eigenvalue weighted by atomic mass is 10.2. The molecule has 6 nitrogen and oxygen atoms in total. The molecule has 1 saturated heterocycles. The van der Waals surface area contributed by atoms with Crippen molar-refractivity contribution in [2.75, 3.05) is 32.7 Å². The Morgan fingerprint density at radius 3 is 2.38 bits per heavy atom. The molecule has 0 aromatic heterocycles. The predicted octanol–water partition coefficient (Wildman–Crippen LogP) is 1.66. The fourth-order valence-electron chi connectivity index (χ4n) is 2.96. The molecule has 3 rings (SSSR count). The number of para-hydroxylation sites is 1. The van der Waals surface area contributed by atoms with Crippen LogP contribution in [-0.2, 0) is 11.3 Å². The molecular weight excluding hydrogens is 328 g/mol. The predicted molar refractivity (Wildman–Crippen MR) is 102 cm³/mol. The summed E-state index contributed by atoms with van der Waals surface area (Å²) in [6.45, 7) is 4.91. The summed E-state index contributed by atoms with van der Waals surface area (Å²) in [5.41, 5.74) is 4.41. The first-order valence-corrected chi connectivity index (χ1v) is 8.79. The van der Waals surface area contributed by atoms with Gasteiger partial charge in [0.1, 0.15) is 5.75 Å². The van der Waals surface area contributed by atoms with Crippen molar-refractivity contribution in [3.8, 4) is 5.75 Å². The molecule has 0 saturated carbocycles. The second-order valence-corrected chi connectivity index (χ2v) is 6.39. The van der Waals surface area contributed by atoms with Crippen molar-refractivity contribution in [2.24, 2.45) is 5.10 Å². The molecule has 26 heavy (non-hydrogen) atoms. The van der Waals surface area contributed by atoms with Crippen LogP contribution in [-0.4, -0.2) is 59.8 Å². The first kappa shape index (κ1) is 18.1. The van der Waals surface area contributed by atoms with E-state index in [-0.39, 0.29) is 11.7 Å². The minimum atomic E-state index is -0.145. The minimum absolute atomic E-state index is 0.139. The third-order valence-electron chi connectivity index (χ3n) is 4.41.